The van der Waals surface area contributed by atoms with Crippen molar-refractivity contribution in [3.8, 4) is 0 Å². The van der Waals surface area contributed by atoms with E-state index in [0.717, 1.165) is 6.07 Å². The van der Waals surface area contributed by atoms with E-state index in [2.05, 4.69) is 10.6 Å². The monoisotopic (exact) mass is 482 g/mol. The highest BCUT2D eigenvalue weighted by Gasteiger charge is 2.60. The predicted molar refractivity (Wildman–Crippen MR) is 122 cm³/mol. The molecular weight excluding hydrogens is 446 g/mol. The Morgan fingerprint density at radius 2 is 1.79 bits per heavy atom. The van der Waals surface area contributed by atoms with Gasteiger partial charge in [-0.05, 0) is 67.6 Å². The van der Waals surface area contributed by atoms with Crippen LogP contribution in [0.3, 0.4) is 0 Å². The molecule has 0 spiro atoms. The number of nitrogens with one attached hydrogen (secondary N) is 2. The third-order valence-electron chi connectivity index (χ3n) is 8.06. The number of hydrogen-bond donors (Lipinski definition) is 4. The summed E-state index contributed by atoms with van der Waals surface area (Å²) in [5, 5.41) is 26.6. The summed E-state index contributed by atoms with van der Waals surface area (Å²) in [6, 6.07) is 3.10. The highest BCUT2D eigenvalue weighted by atomic mass is 19.1. The van der Waals surface area contributed by atoms with Crippen molar-refractivity contribution in [2.45, 2.75) is 71.6 Å². The van der Waals surface area contributed by atoms with Crippen molar-refractivity contribution in [3.63, 3.8) is 0 Å². The molecule has 3 rings (SSSR count). The predicted octanol–water partition coefficient (Wildman–Crippen LogP) is 3.27. The van der Waals surface area contributed by atoms with Crippen LogP contribution in [0.15, 0.2) is 18.2 Å². The maximum Gasteiger partial charge on any atom is 0.407 e. The Bertz CT molecular complexity index is 880. The van der Waals surface area contributed by atoms with E-state index in [4.69, 9.17) is 4.74 Å². The molecule has 2 fully saturated rings. The summed E-state index contributed by atoms with van der Waals surface area (Å²) >= 11 is 0. The molecule has 0 saturated heterocycles. The summed E-state index contributed by atoms with van der Waals surface area (Å²) in [4.78, 5) is 24.9. The van der Waals surface area contributed by atoms with Gasteiger partial charge >= 0.3 is 6.09 Å². The Morgan fingerprint density at radius 1 is 1.12 bits per heavy atom. The van der Waals surface area contributed by atoms with Crippen LogP contribution in [0.25, 0.3) is 0 Å². The maximum atomic E-state index is 13.4. The SMILES string of the molecule is CCNC(=O)O[C@@H]1CC[C@]2(C)[C@@H](CC[C@@H](O)[C@H]2CC(=O)NCc2cc(F)cc(F)c2)[C@]1(C)CO. The summed E-state index contributed by atoms with van der Waals surface area (Å²) < 4.78 is 32.5. The number of hydrogen-bond acceptors (Lipinski definition) is 5. The molecule has 4 N–H and O–H groups in total. The molecular formula is C25H36F2N2O5. The third kappa shape index (κ3) is 5.35. The van der Waals surface area contributed by atoms with E-state index in [1.807, 2.05) is 13.8 Å². The minimum absolute atomic E-state index is 0.0206. The van der Waals surface area contributed by atoms with Crippen molar-refractivity contribution in [2.24, 2.45) is 22.7 Å². The highest BCUT2D eigenvalue weighted by molar-refractivity contribution is 5.76. The fourth-order valence-electron chi connectivity index (χ4n) is 6.28. The van der Waals surface area contributed by atoms with Gasteiger partial charge in [-0.1, -0.05) is 13.8 Å². The molecule has 2 amide bonds. The lowest BCUT2D eigenvalue weighted by atomic mass is 9.46. The fraction of sp³-hybridized carbons (Fsp3) is 0.680. The zero-order chi connectivity index (χ0) is 25.1. The number of aliphatic hydroxyl groups excluding tert-OH is 2. The lowest BCUT2D eigenvalue weighted by Crippen LogP contribution is -2.61. The van der Waals surface area contributed by atoms with Gasteiger partial charge in [-0.2, -0.15) is 0 Å². The summed E-state index contributed by atoms with van der Waals surface area (Å²) in [5.74, 6) is -2.18. The Balaban J connectivity index is 1.73. The van der Waals surface area contributed by atoms with Gasteiger partial charge in [0.25, 0.3) is 0 Å². The molecule has 2 saturated carbocycles. The number of rotatable bonds is 7. The second-order valence-corrected chi connectivity index (χ2v) is 10.2. The molecule has 0 heterocycles. The minimum atomic E-state index is -0.716. The molecule has 1 aromatic carbocycles. The van der Waals surface area contributed by atoms with Gasteiger partial charge in [-0.25, -0.2) is 13.6 Å². The van der Waals surface area contributed by atoms with Gasteiger partial charge in [0, 0.05) is 31.0 Å². The van der Waals surface area contributed by atoms with Crippen molar-refractivity contribution in [3.05, 3.63) is 35.4 Å². The van der Waals surface area contributed by atoms with Crippen molar-refractivity contribution in [1.29, 1.82) is 0 Å². The van der Waals surface area contributed by atoms with Crippen LogP contribution < -0.4 is 10.6 Å². The zero-order valence-corrected chi connectivity index (χ0v) is 20.1. The number of fused-ring (bicyclic) bond motifs is 1. The molecule has 0 aliphatic heterocycles. The van der Waals surface area contributed by atoms with Crippen LogP contribution in [-0.2, 0) is 16.1 Å². The van der Waals surface area contributed by atoms with Crippen molar-refractivity contribution in [1.82, 2.24) is 10.6 Å². The van der Waals surface area contributed by atoms with Crippen molar-refractivity contribution >= 4 is 12.0 Å². The van der Waals surface area contributed by atoms with Gasteiger partial charge in [0.15, 0.2) is 0 Å². The first-order chi connectivity index (χ1) is 16.0. The maximum absolute atomic E-state index is 13.4. The first kappa shape index (κ1) is 26.3. The van der Waals surface area contributed by atoms with E-state index in [-0.39, 0.29) is 37.3 Å². The van der Waals surface area contributed by atoms with E-state index in [1.165, 1.54) is 12.1 Å². The summed E-state index contributed by atoms with van der Waals surface area (Å²) in [7, 11) is 0. The van der Waals surface area contributed by atoms with Gasteiger partial charge < -0.3 is 25.6 Å². The second-order valence-electron chi connectivity index (χ2n) is 10.2. The lowest BCUT2D eigenvalue weighted by molar-refractivity contribution is -0.185. The van der Waals surface area contributed by atoms with Crippen molar-refractivity contribution in [2.75, 3.05) is 13.2 Å². The Kier molecular flexibility index (Phi) is 8.18. The van der Waals surface area contributed by atoms with Crippen LogP contribution in [0, 0.1) is 34.3 Å². The Labute approximate surface area is 199 Å². The average Bonchev–Trinajstić information content (AvgIpc) is 2.76. The Morgan fingerprint density at radius 3 is 2.41 bits per heavy atom. The smallest absolute Gasteiger partial charge is 0.407 e. The van der Waals surface area contributed by atoms with Gasteiger partial charge in [-0.15, -0.1) is 0 Å². The number of carbonyl (C=O) groups is 2. The van der Waals surface area contributed by atoms with Crippen LogP contribution in [0.1, 0.15) is 58.4 Å². The molecule has 2 aliphatic rings. The van der Waals surface area contributed by atoms with E-state index in [1.54, 1.807) is 6.92 Å². The number of ether oxygens (including phenoxy) is 1. The fourth-order valence-corrected chi connectivity index (χ4v) is 6.28. The highest BCUT2D eigenvalue weighted by Crippen LogP contribution is 2.61. The topological polar surface area (TPSA) is 108 Å². The zero-order valence-electron chi connectivity index (χ0n) is 20.1. The van der Waals surface area contributed by atoms with Gasteiger partial charge in [0.2, 0.25) is 5.91 Å². The molecule has 9 heteroatoms. The molecule has 0 aromatic heterocycles. The first-order valence-corrected chi connectivity index (χ1v) is 12.0. The molecule has 6 atom stereocenters. The normalized spacial score (nSPS) is 33.0. The first-order valence-electron chi connectivity index (χ1n) is 12.0. The van der Waals surface area contributed by atoms with E-state index in [0.29, 0.717) is 37.8 Å². The quantitative estimate of drug-likeness (QED) is 0.477. The van der Waals surface area contributed by atoms with E-state index < -0.39 is 40.8 Å². The van der Waals surface area contributed by atoms with Crippen LogP contribution in [0.2, 0.25) is 0 Å². The number of carbonyl (C=O) groups excluding carboxylic acids is 2. The number of aliphatic hydroxyl groups is 2. The van der Waals surface area contributed by atoms with Crippen molar-refractivity contribution < 1.29 is 33.3 Å². The summed E-state index contributed by atoms with van der Waals surface area (Å²) in [6.45, 7) is 5.98. The average molecular weight is 483 g/mol. The number of alkyl carbamates (subject to hydrolysis) is 1. The molecule has 7 nitrogen and oxygen atoms in total. The molecule has 0 unspecified atom stereocenters. The molecule has 190 valence electrons. The number of amides is 2. The number of benzene rings is 1. The molecule has 1 aromatic rings. The lowest BCUT2D eigenvalue weighted by Gasteiger charge is -2.60. The third-order valence-corrected chi connectivity index (χ3v) is 8.06. The summed E-state index contributed by atoms with van der Waals surface area (Å²) in [5.41, 5.74) is -0.861. The van der Waals surface area contributed by atoms with Gasteiger partial charge in [0.1, 0.15) is 17.7 Å². The second kappa shape index (κ2) is 10.6. The largest absolute Gasteiger partial charge is 0.446 e. The molecule has 0 radical (unpaired) electrons. The number of halogens is 2. The summed E-state index contributed by atoms with van der Waals surface area (Å²) in [6.07, 6.45) is 0.612. The van der Waals surface area contributed by atoms with Gasteiger partial charge in [-0.3, -0.25) is 4.79 Å². The molecule has 2 aliphatic carbocycles. The van der Waals surface area contributed by atoms with E-state index >= 15 is 0 Å². The van der Waals surface area contributed by atoms with Crippen LogP contribution >= 0.6 is 0 Å². The molecule has 0 bridgehead atoms. The van der Waals surface area contributed by atoms with Gasteiger partial charge in [0.05, 0.1) is 12.7 Å². The van der Waals surface area contributed by atoms with Crippen LogP contribution in [0.5, 0.6) is 0 Å². The minimum Gasteiger partial charge on any atom is -0.446 e. The van der Waals surface area contributed by atoms with E-state index in [9.17, 15) is 28.6 Å². The van der Waals surface area contributed by atoms with Crippen LogP contribution in [-0.4, -0.2) is 47.6 Å². The molecule has 34 heavy (non-hydrogen) atoms. The van der Waals surface area contributed by atoms with Crippen LogP contribution in [0.4, 0.5) is 13.6 Å². The Hall–Kier alpha value is -2.26. The standard InChI is InChI=1S/C25H36F2N2O5/c1-4-28-23(33)34-21-7-8-24(2)18(19(31)5-6-20(24)25(21,3)14-30)12-22(32)29-13-15-9-16(26)11-17(27)10-15/h9-11,18-21,30-31H,4-8,12-14H2,1-3H3,(H,28,33)(H,29,32)/t18-,19-,20-,21-,24+,25+/m1/s1.